The molecule has 0 aromatic carbocycles. The Balaban J connectivity index is 2.51. The van der Waals surface area contributed by atoms with Crippen LogP contribution in [0.1, 0.15) is 41.0 Å². The summed E-state index contributed by atoms with van der Waals surface area (Å²) in [6, 6.07) is 0. The van der Waals surface area contributed by atoms with Crippen LogP contribution in [0.5, 0.6) is 0 Å². The van der Waals surface area contributed by atoms with Gasteiger partial charge in [0.1, 0.15) is 0 Å². The van der Waals surface area contributed by atoms with E-state index in [0.29, 0.717) is 10.8 Å². The molecule has 1 saturated heterocycles. The Hall–Kier alpha value is -0.0800. The van der Waals surface area contributed by atoms with Crippen molar-refractivity contribution in [2.24, 2.45) is 10.8 Å². The summed E-state index contributed by atoms with van der Waals surface area (Å²) in [5.74, 6) is 0. The zero-order chi connectivity index (χ0) is 11.0. The fourth-order valence-electron chi connectivity index (χ4n) is 1.75. The van der Waals surface area contributed by atoms with Crippen LogP contribution in [-0.4, -0.2) is 35.7 Å². The van der Waals surface area contributed by atoms with Crippen LogP contribution in [0.4, 0.5) is 0 Å². The number of nitrogens with zero attached hydrogens (tertiary/aromatic N) is 1. The van der Waals surface area contributed by atoms with Gasteiger partial charge in [0.25, 0.3) is 0 Å². The minimum atomic E-state index is -0.0919. The molecule has 0 radical (unpaired) electrons. The summed E-state index contributed by atoms with van der Waals surface area (Å²) >= 11 is 0. The first-order chi connectivity index (χ1) is 6.22. The maximum absolute atomic E-state index is 9.46. The van der Waals surface area contributed by atoms with Gasteiger partial charge in [-0.05, 0) is 17.3 Å². The smallest absolute Gasteiger partial charge is 0.0679 e. The molecule has 2 nitrogen and oxygen atoms in total. The molecule has 2 heteroatoms. The fourth-order valence-corrected chi connectivity index (χ4v) is 1.75. The van der Waals surface area contributed by atoms with E-state index >= 15 is 0 Å². The molecular formula is C12H25NO. The lowest BCUT2D eigenvalue weighted by molar-refractivity contribution is 0.0735. The Morgan fingerprint density at radius 2 is 1.79 bits per heavy atom. The van der Waals surface area contributed by atoms with Gasteiger partial charge in [0.05, 0.1) is 6.10 Å². The molecule has 1 N–H and O–H groups in total. The molecule has 0 amide bonds. The number of β-amino-alcohol motifs (C(OH)–C–C–N with tert-alkyl or cyclic N) is 1. The number of hydrogen-bond donors (Lipinski definition) is 1. The van der Waals surface area contributed by atoms with Crippen LogP contribution >= 0.6 is 0 Å². The average Bonchev–Trinajstić information content (AvgIpc) is 2.31. The second kappa shape index (κ2) is 3.82. The third-order valence-corrected chi connectivity index (χ3v) is 3.90. The Kier molecular flexibility index (Phi) is 3.27. The summed E-state index contributed by atoms with van der Waals surface area (Å²) in [5.41, 5.74) is 0.623. The lowest BCUT2D eigenvalue weighted by Gasteiger charge is -2.41. The molecule has 1 heterocycles. The van der Waals surface area contributed by atoms with Crippen LogP contribution in [0.2, 0.25) is 0 Å². The van der Waals surface area contributed by atoms with Gasteiger partial charge < -0.3 is 10.0 Å². The fraction of sp³-hybridized carbons (Fsp3) is 1.00. The lowest BCUT2D eigenvalue weighted by Crippen LogP contribution is -2.41. The first-order valence-electron chi connectivity index (χ1n) is 5.63. The van der Waals surface area contributed by atoms with Gasteiger partial charge in [-0.25, -0.2) is 0 Å². The van der Waals surface area contributed by atoms with Gasteiger partial charge in [-0.2, -0.15) is 0 Å². The van der Waals surface area contributed by atoms with E-state index in [9.17, 15) is 5.11 Å². The second-order valence-corrected chi connectivity index (χ2v) is 6.31. The van der Waals surface area contributed by atoms with Gasteiger partial charge in [-0.3, -0.25) is 0 Å². The van der Waals surface area contributed by atoms with Crippen molar-refractivity contribution in [3.8, 4) is 0 Å². The monoisotopic (exact) mass is 199 g/mol. The SMILES string of the molecule is CC(C)(C)C(C)(C)CN1CCC(O)C1. The highest BCUT2D eigenvalue weighted by molar-refractivity contribution is 4.87. The predicted octanol–water partition coefficient (Wildman–Crippen LogP) is 2.13. The summed E-state index contributed by atoms with van der Waals surface area (Å²) in [6.45, 7) is 14.5. The second-order valence-electron chi connectivity index (χ2n) is 6.31. The summed E-state index contributed by atoms with van der Waals surface area (Å²) in [7, 11) is 0. The Morgan fingerprint density at radius 1 is 1.21 bits per heavy atom. The summed E-state index contributed by atoms with van der Waals surface area (Å²) in [4.78, 5) is 2.38. The standard InChI is InChI=1S/C12H25NO/c1-11(2,3)12(4,5)9-13-7-6-10(14)8-13/h10,14H,6-9H2,1-5H3. The van der Waals surface area contributed by atoms with E-state index in [1.165, 1.54) is 0 Å². The molecule has 1 unspecified atom stereocenters. The van der Waals surface area contributed by atoms with E-state index in [-0.39, 0.29) is 6.10 Å². The quantitative estimate of drug-likeness (QED) is 0.736. The highest BCUT2D eigenvalue weighted by Gasteiger charge is 2.35. The predicted molar refractivity (Wildman–Crippen MR) is 60.3 cm³/mol. The Morgan fingerprint density at radius 3 is 2.14 bits per heavy atom. The van der Waals surface area contributed by atoms with E-state index in [2.05, 4.69) is 39.5 Å². The minimum absolute atomic E-state index is 0.0919. The van der Waals surface area contributed by atoms with Crippen molar-refractivity contribution in [1.82, 2.24) is 4.90 Å². The third kappa shape index (κ3) is 2.71. The summed E-state index contributed by atoms with van der Waals surface area (Å²) < 4.78 is 0. The average molecular weight is 199 g/mol. The van der Waals surface area contributed by atoms with E-state index in [4.69, 9.17) is 0 Å². The number of likely N-dealkylation sites (tertiary alicyclic amines) is 1. The van der Waals surface area contributed by atoms with Crippen LogP contribution in [0.15, 0.2) is 0 Å². The maximum Gasteiger partial charge on any atom is 0.0679 e. The van der Waals surface area contributed by atoms with Crippen molar-refractivity contribution < 1.29 is 5.11 Å². The Bertz CT molecular complexity index is 193. The molecule has 0 aromatic rings. The molecule has 1 atom stereocenters. The van der Waals surface area contributed by atoms with Gasteiger partial charge in [0.15, 0.2) is 0 Å². The number of aliphatic hydroxyl groups excluding tert-OH is 1. The highest BCUT2D eigenvalue weighted by Crippen LogP contribution is 2.38. The normalized spacial score (nSPS) is 25.7. The molecular weight excluding hydrogens is 174 g/mol. The first-order valence-corrected chi connectivity index (χ1v) is 5.63. The molecule has 84 valence electrons. The molecule has 1 aliphatic rings. The van der Waals surface area contributed by atoms with Crippen LogP contribution < -0.4 is 0 Å². The topological polar surface area (TPSA) is 23.5 Å². The van der Waals surface area contributed by atoms with Gasteiger partial charge in [0, 0.05) is 19.6 Å². The molecule has 0 spiro atoms. The number of rotatable bonds is 2. The molecule has 0 bridgehead atoms. The van der Waals surface area contributed by atoms with Crippen LogP contribution in [-0.2, 0) is 0 Å². The van der Waals surface area contributed by atoms with Gasteiger partial charge in [-0.1, -0.05) is 34.6 Å². The van der Waals surface area contributed by atoms with Gasteiger partial charge in [-0.15, -0.1) is 0 Å². The summed E-state index contributed by atoms with van der Waals surface area (Å²) in [6.07, 6.45) is 0.853. The van der Waals surface area contributed by atoms with Crippen molar-refractivity contribution in [1.29, 1.82) is 0 Å². The van der Waals surface area contributed by atoms with E-state index in [1.807, 2.05) is 0 Å². The third-order valence-electron chi connectivity index (χ3n) is 3.90. The van der Waals surface area contributed by atoms with Crippen LogP contribution in [0, 0.1) is 10.8 Å². The molecule has 0 saturated carbocycles. The largest absolute Gasteiger partial charge is 0.392 e. The molecule has 1 rings (SSSR count). The van der Waals surface area contributed by atoms with E-state index in [1.54, 1.807) is 0 Å². The van der Waals surface area contributed by atoms with Gasteiger partial charge >= 0.3 is 0 Å². The zero-order valence-corrected chi connectivity index (χ0v) is 10.3. The first kappa shape index (κ1) is 12.0. The van der Waals surface area contributed by atoms with Crippen molar-refractivity contribution >= 4 is 0 Å². The molecule has 1 aliphatic heterocycles. The van der Waals surface area contributed by atoms with Gasteiger partial charge in [0.2, 0.25) is 0 Å². The van der Waals surface area contributed by atoms with Crippen molar-refractivity contribution in [3.63, 3.8) is 0 Å². The van der Waals surface area contributed by atoms with Crippen molar-refractivity contribution in [2.75, 3.05) is 19.6 Å². The van der Waals surface area contributed by atoms with Crippen LogP contribution in [0.25, 0.3) is 0 Å². The number of hydrogen-bond acceptors (Lipinski definition) is 2. The van der Waals surface area contributed by atoms with E-state index in [0.717, 1.165) is 26.1 Å². The molecule has 0 aliphatic carbocycles. The zero-order valence-electron chi connectivity index (χ0n) is 10.3. The number of aliphatic hydroxyl groups is 1. The highest BCUT2D eigenvalue weighted by atomic mass is 16.3. The molecule has 14 heavy (non-hydrogen) atoms. The van der Waals surface area contributed by atoms with Crippen molar-refractivity contribution in [3.05, 3.63) is 0 Å². The maximum atomic E-state index is 9.46. The summed E-state index contributed by atoms with van der Waals surface area (Å²) in [5, 5.41) is 9.46. The molecule has 0 aromatic heterocycles. The van der Waals surface area contributed by atoms with Crippen molar-refractivity contribution in [2.45, 2.75) is 47.1 Å². The van der Waals surface area contributed by atoms with E-state index < -0.39 is 0 Å². The minimum Gasteiger partial charge on any atom is -0.392 e. The van der Waals surface area contributed by atoms with Crippen LogP contribution in [0.3, 0.4) is 0 Å². The Labute approximate surface area is 88.3 Å². The molecule has 1 fully saturated rings. The lowest BCUT2D eigenvalue weighted by atomic mass is 9.69.